The number of carbonyl (C=O) groups is 1. The fraction of sp³-hybridized carbons (Fsp3) is 0.471. The van der Waals surface area contributed by atoms with Gasteiger partial charge in [0.25, 0.3) is 0 Å². The number of hydrogen-bond acceptors (Lipinski definition) is 6. The zero-order valence-corrected chi connectivity index (χ0v) is 26.0. The summed E-state index contributed by atoms with van der Waals surface area (Å²) in [6.07, 6.45) is 0.260. The average Bonchev–Trinajstić information content (AvgIpc) is 3.97. The molecule has 0 spiro atoms. The van der Waals surface area contributed by atoms with Crippen molar-refractivity contribution in [3.05, 3.63) is 82.3 Å². The van der Waals surface area contributed by atoms with Crippen molar-refractivity contribution in [2.45, 2.75) is 68.9 Å². The molecule has 7 rings (SSSR count). The van der Waals surface area contributed by atoms with Crippen LogP contribution in [-0.4, -0.2) is 48.6 Å². The summed E-state index contributed by atoms with van der Waals surface area (Å²) in [5.41, 5.74) is 1.91. The van der Waals surface area contributed by atoms with Gasteiger partial charge in [-0.05, 0) is 90.8 Å². The Morgan fingerprint density at radius 3 is 2.41 bits per heavy atom. The van der Waals surface area contributed by atoms with Crippen molar-refractivity contribution in [3.63, 3.8) is 0 Å². The van der Waals surface area contributed by atoms with E-state index in [4.69, 9.17) is 9.47 Å². The van der Waals surface area contributed by atoms with Crippen LogP contribution in [0, 0.1) is 17.7 Å². The normalized spacial score (nSPS) is 23.1. The number of esters is 1. The van der Waals surface area contributed by atoms with Gasteiger partial charge in [0.2, 0.25) is 15.9 Å². The minimum absolute atomic E-state index is 0.0381. The van der Waals surface area contributed by atoms with E-state index in [1.54, 1.807) is 47.8 Å². The monoisotopic (exact) mass is 658 g/mol. The number of hydrogen-bond donors (Lipinski definition) is 0. The highest BCUT2D eigenvalue weighted by molar-refractivity contribution is 7.90. The Kier molecular flexibility index (Phi) is 7.86. The summed E-state index contributed by atoms with van der Waals surface area (Å²) in [6, 6.07) is 10.2. The number of rotatable bonds is 9. The van der Waals surface area contributed by atoms with Crippen LogP contribution in [0.1, 0.15) is 72.3 Å². The number of pyridine rings is 1. The van der Waals surface area contributed by atoms with Gasteiger partial charge >= 0.3 is 12.1 Å². The zero-order valence-electron chi connectivity index (χ0n) is 25.2. The lowest BCUT2D eigenvalue weighted by atomic mass is 9.88. The number of halogens is 4. The third-order valence-corrected chi connectivity index (χ3v) is 12.3. The molecule has 3 aromatic rings. The summed E-state index contributed by atoms with van der Waals surface area (Å²) < 4.78 is 94.8. The van der Waals surface area contributed by atoms with Crippen LogP contribution in [0.25, 0.3) is 11.1 Å². The van der Waals surface area contributed by atoms with E-state index in [0.29, 0.717) is 57.9 Å². The fourth-order valence-electron chi connectivity index (χ4n) is 7.22. The van der Waals surface area contributed by atoms with Crippen molar-refractivity contribution >= 4 is 16.0 Å². The molecule has 3 aliphatic carbocycles. The van der Waals surface area contributed by atoms with Crippen molar-refractivity contribution in [1.29, 1.82) is 0 Å². The van der Waals surface area contributed by atoms with E-state index in [9.17, 15) is 26.4 Å². The average molecular weight is 659 g/mol. The summed E-state index contributed by atoms with van der Waals surface area (Å²) in [5.74, 6) is -0.806. The second kappa shape index (κ2) is 11.6. The molecular weight excluding hydrogens is 624 g/mol. The molecule has 3 atom stereocenters. The maximum Gasteiger partial charge on any atom is 0.417 e. The predicted molar refractivity (Wildman–Crippen MR) is 161 cm³/mol. The number of benzene rings is 2. The van der Waals surface area contributed by atoms with Crippen LogP contribution in [0.15, 0.2) is 48.7 Å². The van der Waals surface area contributed by atoms with Crippen molar-refractivity contribution in [2.75, 3.05) is 19.7 Å². The van der Waals surface area contributed by atoms with E-state index in [1.807, 2.05) is 0 Å². The van der Waals surface area contributed by atoms with E-state index in [2.05, 4.69) is 4.98 Å². The smallest absolute Gasteiger partial charge is 0.417 e. The lowest BCUT2D eigenvalue weighted by Crippen LogP contribution is -2.39. The number of carbonyl (C=O) groups excluding carboxylic acids is 1. The van der Waals surface area contributed by atoms with Gasteiger partial charge in [-0.1, -0.05) is 24.3 Å². The van der Waals surface area contributed by atoms with Crippen LogP contribution < -0.4 is 4.74 Å². The molecule has 12 heteroatoms. The summed E-state index contributed by atoms with van der Waals surface area (Å²) in [7, 11) is -3.23. The minimum Gasteiger partial charge on any atom is -0.473 e. The zero-order chi connectivity index (χ0) is 32.4. The van der Waals surface area contributed by atoms with Gasteiger partial charge in [-0.2, -0.15) is 13.2 Å². The standard InChI is InChI=1S/C34H34F4N2O5S/c1-2-44-33(41)32-26-13-22-15-30(39-17-27(22)31(26)32)45-18-23-14-25(28(16-29(23)35)34(36,37)38)21-5-3-19(4-6-21)20-9-11-40(12-10-20)46(42,43)24-7-8-24/h3-6,14-17,20,24,26,31-32H,2,7-13,18H2,1H3/t26-,31-,32+/m0/s1. The molecule has 0 radical (unpaired) electrons. The van der Waals surface area contributed by atoms with E-state index in [1.165, 1.54) is 6.07 Å². The van der Waals surface area contributed by atoms with Crippen molar-refractivity contribution in [2.24, 2.45) is 11.8 Å². The van der Waals surface area contributed by atoms with Gasteiger partial charge in [-0.3, -0.25) is 4.79 Å². The first kappa shape index (κ1) is 31.1. The molecule has 244 valence electrons. The van der Waals surface area contributed by atoms with Crippen LogP contribution >= 0.6 is 0 Å². The van der Waals surface area contributed by atoms with Gasteiger partial charge in [0, 0.05) is 36.8 Å². The first-order chi connectivity index (χ1) is 22.0. The topological polar surface area (TPSA) is 85.8 Å². The highest BCUT2D eigenvalue weighted by atomic mass is 32.2. The minimum atomic E-state index is -4.78. The van der Waals surface area contributed by atoms with Gasteiger partial charge in [0.15, 0.2) is 0 Å². The molecule has 2 saturated carbocycles. The van der Waals surface area contributed by atoms with Crippen LogP contribution in [0.3, 0.4) is 0 Å². The van der Waals surface area contributed by atoms with Gasteiger partial charge in [0.05, 0.1) is 23.3 Å². The SMILES string of the molecule is CCOC(=O)[C@@H]1[C@H]2Cc3cc(OCc4cc(-c5ccc(C6CCN(S(=O)(=O)C7CC7)CC6)cc5)c(C(F)(F)F)cc4F)ncc3[C@H]21. The lowest BCUT2D eigenvalue weighted by molar-refractivity contribution is -0.145. The van der Waals surface area contributed by atoms with Gasteiger partial charge in [0.1, 0.15) is 12.4 Å². The van der Waals surface area contributed by atoms with Gasteiger partial charge < -0.3 is 9.47 Å². The number of sulfonamides is 1. The Bertz CT molecular complexity index is 1770. The molecule has 3 fully saturated rings. The molecule has 0 bridgehead atoms. The second-order valence-corrected chi connectivity index (χ2v) is 14.9. The molecular formula is C34H34F4N2O5S. The van der Waals surface area contributed by atoms with E-state index in [0.717, 1.165) is 16.7 Å². The maximum absolute atomic E-state index is 15.0. The Morgan fingerprint density at radius 1 is 1.04 bits per heavy atom. The van der Waals surface area contributed by atoms with Crippen molar-refractivity contribution in [3.8, 4) is 17.0 Å². The molecule has 1 aliphatic heterocycles. The molecule has 46 heavy (non-hydrogen) atoms. The van der Waals surface area contributed by atoms with Crippen LogP contribution in [-0.2, 0) is 38.8 Å². The lowest BCUT2D eigenvalue weighted by Gasteiger charge is -2.31. The maximum atomic E-state index is 15.0. The molecule has 1 aromatic heterocycles. The fourth-order valence-corrected chi connectivity index (χ4v) is 9.09. The van der Waals surface area contributed by atoms with E-state index in [-0.39, 0.29) is 64.1 Å². The highest BCUT2D eigenvalue weighted by Gasteiger charge is 2.60. The first-order valence-electron chi connectivity index (χ1n) is 15.7. The Hall–Kier alpha value is -3.51. The van der Waals surface area contributed by atoms with Gasteiger partial charge in [-0.25, -0.2) is 22.1 Å². The number of aromatic nitrogens is 1. The summed E-state index contributed by atoms with van der Waals surface area (Å²) in [5, 5.41) is -0.250. The van der Waals surface area contributed by atoms with Crippen molar-refractivity contribution < 1.29 is 40.2 Å². The van der Waals surface area contributed by atoms with Crippen molar-refractivity contribution in [1.82, 2.24) is 9.29 Å². The first-order valence-corrected chi connectivity index (χ1v) is 17.2. The highest BCUT2D eigenvalue weighted by Crippen LogP contribution is 2.62. The molecule has 2 heterocycles. The number of nitrogens with zero attached hydrogens (tertiary/aromatic N) is 2. The molecule has 1 saturated heterocycles. The second-order valence-electron chi connectivity index (χ2n) is 12.7. The van der Waals surface area contributed by atoms with Crippen LogP contribution in [0.5, 0.6) is 5.88 Å². The largest absolute Gasteiger partial charge is 0.473 e. The molecule has 0 N–H and O–H groups in total. The molecule has 2 aromatic carbocycles. The summed E-state index contributed by atoms with van der Waals surface area (Å²) >= 11 is 0. The number of fused-ring (bicyclic) bond motifs is 3. The quantitative estimate of drug-likeness (QED) is 0.190. The Balaban J connectivity index is 1.05. The van der Waals surface area contributed by atoms with E-state index >= 15 is 4.39 Å². The predicted octanol–water partition coefficient (Wildman–Crippen LogP) is 6.61. The third kappa shape index (κ3) is 5.78. The summed E-state index contributed by atoms with van der Waals surface area (Å²) in [4.78, 5) is 16.5. The Labute approximate surface area is 265 Å². The van der Waals surface area contributed by atoms with Crippen LogP contribution in [0.4, 0.5) is 17.6 Å². The van der Waals surface area contributed by atoms with Crippen LogP contribution in [0.2, 0.25) is 0 Å². The molecule has 7 nitrogen and oxygen atoms in total. The molecule has 0 amide bonds. The third-order valence-electron chi connectivity index (χ3n) is 9.86. The number of alkyl halides is 3. The van der Waals surface area contributed by atoms with E-state index < -0.39 is 27.6 Å². The number of ether oxygens (including phenoxy) is 2. The Morgan fingerprint density at radius 2 is 1.76 bits per heavy atom. The summed E-state index contributed by atoms with van der Waals surface area (Å²) in [6.45, 7) is 2.64. The van der Waals surface area contributed by atoms with Gasteiger partial charge in [-0.15, -0.1) is 0 Å². The number of piperidine rings is 1. The molecule has 4 aliphatic rings. The molecule has 0 unspecified atom stereocenters.